The topological polar surface area (TPSA) is 114 Å². The van der Waals surface area contributed by atoms with Gasteiger partial charge >= 0.3 is 5.97 Å². The van der Waals surface area contributed by atoms with Gasteiger partial charge in [0.25, 0.3) is 0 Å². The van der Waals surface area contributed by atoms with E-state index in [9.17, 15) is 19.2 Å². The highest BCUT2D eigenvalue weighted by Gasteiger charge is 2.27. The third-order valence-electron chi connectivity index (χ3n) is 4.10. The van der Waals surface area contributed by atoms with Crippen molar-refractivity contribution in [1.82, 2.24) is 16.0 Å². The van der Waals surface area contributed by atoms with E-state index < -0.39 is 35.9 Å². The molecule has 0 aliphatic carbocycles. The molecule has 0 saturated carbocycles. The molecule has 3 amide bonds. The van der Waals surface area contributed by atoms with Crippen LogP contribution in [0.3, 0.4) is 0 Å². The molecule has 8 nitrogen and oxygen atoms in total. The van der Waals surface area contributed by atoms with Gasteiger partial charge in [0.1, 0.15) is 24.7 Å². The summed E-state index contributed by atoms with van der Waals surface area (Å²) in [6, 6.07) is 6.79. The van der Waals surface area contributed by atoms with Crippen molar-refractivity contribution in [1.29, 1.82) is 0 Å². The maximum Gasteiger partial charge on any atom is 0.328 e. The Labute approximate surface area is 171 Å². The maximum atomic E-state index is 12.5. The summed E-state index contributed by atoms with van der Waals surface area (Å²) in [4.78, 5) is 48.1. The van der Waals surface area contributed by atoms with Crippen molar-refractivity contribution in [2.75, 3.05) is 0 Å². The molecule has 3 atom stereocenters. The SMILES string of the molecule is CC(=O)N[C@@H](C)C(=O)N[C@@H](C)C(=O)N[C@@H](CC(C)C)C(=O)OCc1ccccc1. The molecule has 0 bridgehead atoms. The van der Waals surface area contributed by atoms with Crippen molar-refractivity contribution < 1.29 is 23.9 Å². The second-order valence-corrected chi connectivity index (χ2v) is 7.44. The van der Waals surface area contributed by atoms with E-state index in [2.05, 4.69) is 16.0 Å². The van der Waals surface area contributed by atoms with E-state index in [0.29, 0.717) is 6.42 Å². The van der Waals surface area contributed by atoms with E-state index in [1.807, 2.05) is 44.2 Å². The van der Waals surface area contributed by atoms with Gasteiger partial charge in [-0.15, -0.1) is 0 Å². The van der Waals surface area contributed by atoms with Gasteiger partial charge in [-0.05, 0) is 31.7 Å². The first-order valence-electron chi connectivity index (χ1n) is 9.68. The average molecular weight is 405 g/mol. The van der Waals surface area contributed by atoms with E-state index in [0.717, 1.165) is 5.56 Å². The van der Waals surface area contributed by atoms with Crippen molar-refractivity contribution in [3.63, 3.8) is 0 Å². The molecule has 8 heteroatoms. The number of rotatable bonds is 10. The Morgan fingerprint density at radius 3 is 1.97 bits per heavy atom. The molecule has 1 aromatic carbocycles. The lowest BCUT2D eigenvalue weighted by atomic mass is 10.0. The van der Waals surface area contributed by atoms with Gasteiger partial charge in [0.05, 0.1) is 0 Å². The molecular weight excluding hydrogens is 374 g/mol. The predicted molar refractivity (Wildman–Crippen MR) is 109 cm³/mol. The van der Waals surface area contributed by atoms with Crippen LogP contribution in [0.4, 0.5) is 0 Å². The van der Waals surface area contributed by atoms with Crippen LogP contribution >= 0.6 is 0 Å². The number of esters is 1. The predicted octanol–water partition coefficient (Wildman–Crippen LogP) is 1.29. The highest BCUT2D eigenvalue weighted by atomic mass is 16.5. The first kappa shape index (κ1) is 24.1. The largest absolute Gasteiger partial charge is 0.459 e. The number of hydrogen-bond donors (Lipinski definition) is 3. The second kappa shape index (κ2) is 11.8. The summed E-state index contributed by atoms with van der Waals surface area (Å²) in [7, 11) is 0. The van der Waals surface area contributed by atoms with E-state index in [1.54, 1.807) is 0 Å². The summed E-state index contributed by atoms with van der Waals surface area (Å²) in [5, 5.41) is 7.62. The van der Waals surface area contributed by atoms with E-state index in [1.165, 1.54) is 20.8 Å². The number of nitrogens with one attached hydrogen (secondary N) is 3. The fraction of sp³-hybridized carbons (Fsp3) is 0.524. The second-order valence-electron chi connectivity index (χ2n) is 7.44. The molecule has 0 radical (unpaired) electrons. The van der Waals surface area contributed by atoms with Crippen LogP contribution in [0.2, 0.25) is 0 Å². The fourth-order valence-electron chi connectivity index (χ4n) is 2.59. The summed E-state index contributed by atoms with van der Waals surface area (Å²) >= 11 is 0. The van der Waals surface area contributed by atoms with Crippen molar-refractivity contribution in [3.05, 3.63) is 35.9 Å². The standard InChI is InChI=1S/C21H31N3O5/c1-13(2)11-18(21(28)29-12-17-9-7-6-8-10-17)24-20(27)15(4)23-19(26)14(3)22-16(5)25/h6-10,13-15,18H,11-12H2,1-5H3,(H,22,25)(H,23,26)(H,24,27)/t14-,15-,18-/m0/s1. The van der Waals surface area contributed by atoms with Crippen LogP contribution in [0.5, 0.6) is 0 Å². The number of ether oxygens (including phenoxy) is 1. The van der Waals surface area contributed by atoms with Crippen LogP contribution in [0.1, 0.15) is 46.6 Å². The normalized spacial score (nSPS) is 13.7. The van der Waals surface area contributed by atoms with Gasteiger partial charge in [-0.25, -0.2) is 4.79 Å². The lowest BCUT2D eigenvalue weighted by Gasteiger charge is -2.23. The minimum Gasteiger partial charge on any atom is -0.459 e. The lowest BCUT2D eigenvalue weighted by molar-refractivity contribution is -0.149. The number of benzene rings is 1. The molecule has 0 spiro atoms. The molecule has 1 aromatic rings. The average Bonchev–Trinajstić information content (AvgIpc) is 2.65. The summed E-state index contributed by atoms with van der Waals surface area (Å²) in [6.45, 7) is 8.31. The van der Waals surface area contributed by atoms with Crippen LogP contribution in [0.25, 0.3) is 0 Å². The first-order valence-corrected chi connectivity index (χ1v) is 9.68. The van der Waals surface area contributed by atoms with Gasteiger partial charge in [-0.3, -0.25) is 14.4 Å². The van der Waals surface area contributed by atoms with E-state index in [4.69, 9.17) is 4.74 Å². The van der Waals surface area contributed by atoms with Crippen molar-refractivity contribution >= 4 is 23.7 Å². The van der Waals surface area contributed by atoms with Gasteiger partial charge in [0.15, 0.2) is 0 Å². The van der Waals surface area contributed by atoms with Gasteiger partial charge < -0.3 is 20.7 Å². The zero-order valence-corrected chi connectivity index (χ0v) is 17.7. The Morgan fingerprint density at radius 2 is 1.41 bits per heavy atom. The summed E-state index contributed by atoms with van der Waals surface area (Å²) < 4.78 is 5.35. The number of hydrogen-bond acceptors (Lipinski definition) is 5. The monoisotopic (exact) mass is 405 g/mol. The third kappa shape index (κ3) is 9.23. The molecule has 1 rings (SSSR count). The third-order valence-corrected chi connectivity index (χ3v) is 4.10. The van der Waals surface area contributed by atoms with Crippen molar-refractivity contribution in [3.8, 4) is 0 Å². The van der Waals surface area contributed by atoms with Crippen molar-refractivity contribution in [2.24, 2.45) is 5.92 Å². The maximum absolute atomic E-state index is 12.5. The first-order chi connectivity index (χ1) is 13.6. The van der Waals surface area contributed by atoms with Gasteiger partial charge in [0, 0.05) is 6.92 Å². The van der Waals surface area contributed by atoms with Gasteiger partial charge in [-0.2, -0.15) is 0 Å². The molecular formula is C21H31N3O5. The van der Waals surface area contributed by atoms with Crippen LogP contribution in [0, 0.1) is 5.92 Å². The number of carbonyl (C=O) groups is 4. The van der Waals surface area contributed by atoms with Crippen LogP contribution in [0.15, 0.2) is 30.3 Å². The van der Waals surface area contributed by atoms with E-state index in [-0.39, 0.29) is 18.4 Å². The molecule has 3 N–H and O–H groups in total. The molecule has 0 aliphatic rings. The molecule has 0 heterocycles. The lowest BCUT2D eigenvalue weighted by Crippen LogP contribution is -2.54. The summed E-state index contributed by atoms with van der Waals surface area (Å²) in [5.74, 6) is -1.72. The highest BCUT2D eigenvalue weighted by Crippen LogP contribution is 2.09. The Kier molecular flexibility index (Phi) is 9.85. The number of amides is 3. The summed E-state index contributed by atoms with van der Waals surface area (Å²) in [6.07, 6.45) is 0.405. The molecule has 0 aliphatic heterocycles. The van der Waals surface area contributed by atoms with Crippen molar-refractivity contribution in [2.45, 2.75) is 65.8 Å². The van der Waals surface area contributed by atoms with Crippen LogP contribution in [-0.2, 0) is 30.5 Å². The zero-order chi connectivity index (χ0) is 22.0. The Balaban J connectivity index is 2.65. The highest BCUT2D eigenvalue weighted by molar-refractivity contribution is 5.92. The molecule has 0 saturated heterocycles. The Bertz CT molecular complexity index is 706. The van der Waals surface area contributed by atoms with Crippen LogP contribution in [-0.4, -0.2) is 41.8 Å². The van der Waals surface area contributed by atoms with Gasteiger partial charge in [0.2, 0.25) is 17.7 Å². The minimum absolute atomic E-state index is 0.116. The van der Waals surface area contributed by atoms with Crippen LogP contribution < -0.4 is 16.0 Å². The zero-order valence-electron chi connectivity index (χ0n) is 17.7. The van der Waals surface area contributed by atoms with E-state index >= 15 is 0 Å². The smallest absolute Gasteiger partial charge is 0.328 e. The Morgan fingerprint density at radius 1 is 0.862 bits per heavy atom. The molecule has 0 aromatic heterocycles. The Hall–Kier alpha value is -2.90. The summed E-state index contributed by atoms with van der Waals surface area (Å²) in [5.41, 5.74) is 0.850. The van der Waals surface area contributed by atoms with Gasteiger partial charge in [-0.1, -0.05) is 44.2 Å². The molecule has 29 heavy (non-hydrogen) atoms. The minimum atomic E-state index is -0.879. The molecule has 0 fully saturated rings. The molecule has 160 valence electrons. The molecule has 0 unspecified atom stereocenters. The quantitative estimate of drug-likeness (QED) is 0.508. The fourth-order valence-corrected chi connectivity index (χ4v) is 2.59. The number of carbonyl (C=O) groups excluding carboxylic acids is 4.